The van der Waals surface area contributed by atoms with Crippen molar-refractivity contribution in [3.63, 3.8) is 0 Å². The van der Waals surface area contributed by atoms with Crippen molar-refractivity contribution in [2.45, 2.75) is 238 Å². The Morgan fingerprint density at radius 2 is 0.879 bits per heavy atom. The van der Waals surface area contributed by atoms with Gasteiger partial charge in [0.05, 0.1) is 40.3 Å². The average molecular weight is 824 g/mol. The number of aliphatic carboxylic acids is 1. The second-order valence-corrected chi connectivity index (χ2v) is 17.8. The number of allylic oxidation sites excluding steroid dienone is 2. The third-order valence-corrected chi connectivity index (χ3v) is 10.8. The van der Waals surface area contributed by atoms with Gasteiger partial charge < -0.3 is 33.3 Å². The van der Waals surface area contributed by atoms with Crippen LogP contribution in [0.1, 0.15) is 226 Å². The summed E-state index contributed by atoms with van der Waals surface area (Å²) in [5.41, 5.74) is 0. The van der Waals surface area contributed by atoms with Crippen molar-refractivity contribution in [1.82, 2.24) is 0 Å². The Morgan fingerprint density at radius 1 is 0.500 bits per heavy atom. The van der Waals surface area contributed by atoms with E-state index in [1.807, 2.05) is 21.1 Å². The van der Waals surface area contributed by atoms with Gasteiger partial charge in [-0.1, -0.05) is 187 Å². The van der Waals surface area contributed by atoms with Gasteiger partial charge in [-0.25, -0.2) is 0 Å². The molecule has 9 nitrogen and oxygen atoms in total. The lowest BCUT2D eigenvalue weighted by molar-refractivity contribution is -0.870. The smallest absolute Gasteiger partial charge is 0.306 e. The molecule has 0 N–H and O–H groups in total. The molecule has 0 heterocycles. The van der Waals surface area contributed by atoms with Crippen LogP contribution in [0, 0.1) is 0 Å². The first kappa shape index (κ1) is 56.0. The first-order chi connectivity index (χ1) is 28.1. The predicted molar refractivity (Wildman–Crippen MR) is 237 cm³/mol. The summed E-state index contributed by atoms with van der Waals surface area (Å²) in [5.74, 6) is -2.28. The molecule has 9 heteroatoms. The minimum atomic E-state index is -1.62. The number of rotatable bonds is 45. The van der Waals surface area contributed by atoms with Crippen molar-refractivity contribution in [2.75, 3.05) is 47.5 Å². The van der Waals surface area contributed by atoms with Gasteiger partial charge in [0.25, 0.3) is 0 Å². The number of unbranched alkanes of at least 4 members (excludes halogenated alkanes) is 28. The van der Waals surface area contributed by atoms with Crippen molar-refractivity contribution >= 4 is 17.9 Å². The van der Waals surface area contributed by atoms with E-state index in [1.54, 1.807) is 0 Å². The number of hydrogen-bond donors (Lipinski definition) is 0. The third kappa shape index (κ3) is 42.2. The third-order valence-electron chi connectivity index (χ3n) is 10.8. The molecule has 0 saturated carbocycles. The Balaban J connectivity index is 4.30. The van der Waals surface area contributed by atoms with Gasteiger partial charge in [-0.2, -0.15) is 0 Å². The van der Waals surface area contributed by atoms with Gasteiger partial charge in [-0.15, -0.1) is 0 Å². The monoisotopic (exact) mass is 824 g/mol. The minimum absolute atomic E-state index is 0.149. The van der Waals surface area contributed by atoms with Crippen LogP contribution in [0.15, 0.2) is 12.2 Å². The van der Waals surface area contributed by atoms with E-state index >= 15 is 0 Å². The number of ether oxygens (including phenoxy) is 4. The molecule has 0 saturated heterocycles. The van der Waals surface area contributed by atoms with E-state index < -0.39 is 24.3 Å². The van der Waals surface area contributed by atoms with Gasteiger partial charge in [0.2, 0.25) is 0 Å². The number of hydrogen-bond acceptors (Lipinski definition) is 8. The summed E-state index contributed by atoms with van der Waals surface area (Å²) in [6.45, 7) is 4.74. The molecule has 0 aromatic heterocycles. The van der Waals surface area contributed by atoms with Crippen LogP contribution in [-0.4, -0.2) is 82.3 Å². The largest absolute Gasteiger partial charge is 0.545 e. The summed E-state index contributed by atoms with van der Waals surface area (Å²) < 4.78 is 22.6. The number of carbonyl (C=O) groups excluding carboxylic acids is 3. The van der Waals surface area contributed by atoms with Crippen molar-refractivity contribution in [2.24, 2.45) is 0 Å². The van der Waals surface area contributed by atoms with Crippen LogP contribution < -0.4 is 5.11 Å². The quantitative estimate of drug-likeness (QED) is 0.0196. The van der Waals surface area contributed by atoms with Gasteiger partial charge in [0, 0.05) is 12.8 Å². The number of nitrogens with zero attached hydrogens (tertiary/aromatic N) is 1. The molecule has 0 aliphatic rings. The van der Waals surface area contributed by atoms with Gasteiger partial charge in [-0.3, -0.25) is 9.59 Å². The lowest BCUT2D eigenvalue weighted by Crippen LogP contribution is -2.44. The number of esters is 2. The van der Waals surface area contributed by atoms with Crippen LogP contribution in [0.2, 0.25) is 0 Å². The summed E-state index contributed by atoms with van der Waals surface area (Å²) in [4.78, 5) is 37.0. The summed E-state index contributed by atoms with van der Waals surface area (Å²) in [6, 6.07) is 0. The molecular weight excluding hydrogens is 731 g/mol. The highest BCUT2D eigenvalue weighted by Crippen LogP contribution is 2.16. The zero-order valence-corrected chi connectivity index (χ0v) is 38.7. The first-order valence-corrected chi connectivity index (χ1v) is 24.3. The van der Waals surface area contributed by atoms with Gasteiger partial charge in [-0.05, 0) is 38.5 Å². The Labute approximate surface area is 357 Å². The van der Waals surface area contributed by atoms with E-state index in [2.05, 4.69) is 26.0 Å². The van der Waals surface area contributed by atoms with E-state index in [0.29, 0.717) is 23.9 Å². The van der Waals surface area contributed by atoms with Crippen molar-refractivity contribution in [3.8, 4) is 0 Å². The molecule has 0 amide bonds. The Bertz CT molecular complexity index is 965. The molecule has 0 radical (unpaired) electrons. The fourth-order valence-electron chi connectivity index (χ4n) is 6.94. The molecule has 0 aromatic carbocycles. The zero-order valence-electron chi connectivity index (χ0n) is 38.7. The highest BCUT2D eigenvalue weighted by Gasteiger charge is 2.21. The molecule has 342 valence electrons. The molecule has 0 aliphatic heterocycles. The molecule has 0 aliphatic carbocycles. The van der Waals surface area contributed by atoms with Crippen LogP contribution in [0.3, 0.4) is 0 Å². The maximum atomic E-state index is 12.7. The fourth-order valence-corrected chi connectivity index (χ4v) is 6.94. The summed E-state index contributed by atoms with van der Waals surface area (Å²) >= 11 is 0. The van der Waals surface area contributed by atoms with Crippen LogP contribution >= 0.6 is 0 Å². The minimum Gasteiger partial charge on any atom is -0.545 e. The lowest BCUT2D eigenvalue weighted by atomic mass is 10.0. The maximum Gasteiger partial charge on any atom is 0.306 e. The first-order valence-electron chi connectivity index (χ1n) is 24.3. The van der Waals surface area contributed by atoms with Gasteiger partial charge in [0.15, 0.2) is 12.4 Å². The topological polar surface area (TPSA) is 111 Å². The normalized spacial score (nSPS) is 12.9. The molecule has 2 atom stereocenters. The lowest BCUT2D eigenvalue weighted by Gasteiger charge is -2.26. The van der Waals surface area contributed by atoms with Gasteiger partial charge >= 0.3 is 11.9 Å². The highest BCUT2D eigenvalue weighted by atomic mass is 16.7. The van der Waals surface area contributed by atoms with Gasteiger partial charge in [0.1, 0.15) is 13.2 Å². The number of carbonyl (C=O) groups is 3. The molecule has 58 heavy (non-hydrogen) atoms. The predicted octanol–water partition coefficient (Wildman–Crippen LogP) is 11.7. The maximum absolute atomic E-state index is 12.7. The zero-order chi connectivity index (χ0) is 42.8. The standard InChI is InChI=1S/C49H93NO8/c1-6-8-10-12-14-16-18-20-21-22-23-24-25-26-28-29-31-33-35-37-39-46(51)56-43-45(44-57-49(48(53)54)55-42-41-50(3,4)5)58-47(52)40-38-36-34-32-30-27-19-17-15-13-11-9-7-2/h17,19,45,49H,6-16,18,20-44H2,1-5H3/b19-17-. The molecule has 0 aromatic rings. The summed E-state index contributed by atoms with van der Waals surface area (Å²) in [7, 11) is 5.91. The van der Waals surface area contributed by atoms with Crippen molar-refractivity contribution < 1.29 is 42.9 Å². The SMILES string of the molecule is CCCCCC/C=C\CCCCCCCC(=O)OC(COC(=O)CCCCCCCCCCCCCCCCCCCCCC)COC(OCC[N+](C)(C)C)C(=O)[O-]. The second-order valence-electron chi connectivity index (χ2n) is 17.8. The van der Waals surface area contributed by atoms with Crippen LogP contribution in [-0.2, 0) is 33.3 Å². The molecular formula is C49H93NO8. The summed E-state index contributed by atoms with van der Waals surface area (Å²) in [6.07, 6.45) is 41.0. The fraction of sp³-hybridized carbons (Fsp3) is 0.898. The second kappa shape index (κ2) is 41.8. The van der Waals surface area contributed by atoms with Crippen LogP contribution in [0.4, 0.5) is 0 Å². The molecule has 0 rings (SSSR count). The number of carboxylic acid groups (broad SMARTS) is 1. The Morgan fingerprint density at radius 3 is 1.29 bits per heavy atom. The highest BCUT2D eigenvalue weighted by molar-refractivity contribution is 5.70. The molecule has 0 bridgehead atoms. The van der Waals surface area contributed by atoms with E-state index in [-0.39, 0.29) is 32.2 Å². The Hall–Kier alpha value is -1.97. The number of carboxylic acids is 1. The van der Waals surface area contributed by atoms with E-state index in [0.717, 1.165) is 51.4 Å². The Kier molecular flexibility index (Phi) is 40.3. The molecule has 0 fully saturated rings. The molecule has 2 unspecified atom stereocenters. The average Bonchev–Trinajstić information content (AvgIpc) is 3.18. The number of likely N-dealkylation sites (N-methyl/N-ethyl adjacent to an activating group) is 1. The van der Waals surface area contributed by atoms with Crippen LogP contribution in [0.25, 0.3) is 0 Å². The van der Waals surface area contributed by atoms with Crippen molar-refractivity contribution in [1.29, 1.82) is 0 Å². The van der Waals surface area contributed by atoms with E-state index in [1.165, 1.54) is 141 Å². The van der Waals surface area contributed by atoms with Crippen LogP contribution in [0.5, 0.6) is 0 Å². The van der Waals surface area contributed by atoms with E-state index in [9.17, 15) is 19.5 Å². The summed E-state index contributed by atoms with van der Waals surface area (Å²) in [5, 5.41) is 11.7. The van der Waals surface area contributed by atoms with Crippen molar-refractivity contribution in [3.05, 3.63) is 12.2 Å². The number of quaternary nitrogens is 1. The van der Waals surface area contributed by atoms with E-state index in [4.69, 9.17) is 18.9 Å². The molecule has 0 spiro atoms.